The molecule has 2 rings (SSSR count). The smallest absolute Gasteiger partial charge is 0.157 e. The third kappa shape index (κ3) is 2.63. The summed E-state index contributed by atoms with van der Waals surface area (Å²) in [5, 5.41) is 21.9. The van der Waals surface area contributed by atoms with Crippen LogP contribution in [0.1, 0.15) is 24.8 Å². The summed E-state index contributed by atoms with van der Waals surface area (Å²) in [7, 11) is 0. The second-order valence-corrected chi connectivity index (χ2v) is 4.16. The Labute approximate surface area is 89.8 Å². The Balaban J connectivity index is 1.90. The molecule has 1 atom stereocenters. The van der Waals surface area contributed by atoms with Crippen LogP contribution in [0.2, 0.25) is 0 Å². The van der Waals surface area contributed by atoms with Crippen molar-refractivity contribution in [1.29, 1.82) is 0 Å². The summed E-state index contributed by atoms with van der Waals surface area (Å²) in [6, 6.07) is 5.68. The molecule has 15 heavy (non-hydrogen) atoms. The number of hydrogen-bond donors (Lipinski definition) is 3. The predicted molar refractivity (Wildman–Crippen MR) is 59.1 cm³/mol. The lowest BCUT2D eigenvalue weighted by molar-refractivity contribution is 0.403. The molecule has 3 heteroatoms. The summed E-state index contributed by atoms with van der Waals surface area (Å²) in [4.78, 5) is 0. The monoisotopic (exact) mass is 207 g/mol. The van der Waals surface area contributed by atoms with E-state index in [0.29, 0.717) is 6.04 Å². The summed E-state index contributed by atoms with van der Waals surface area (Å²) >= 11 is 0. The molecule has 0 spiro atoms. The minimum absolute atomic E-state index is 0.0214. The van der Waals surface area contributed by atoms with Crippen LogP contribution in [-0.2, 0) is 6.42 Å². The lowest BCUT2D eigenvalue weighted by Crippen LogP contribution is -2.21. The molecule has 1 unspecified atom stereocenters. The lowest BCUT2D eigenvalue weighted by Gasteiger charge is -2.09. The van der Waals surface area contributed by atoms with E-state index in [0.717, 1.165) is 24.9 Å². The third-order valence-corrected chi connectivity index (χ3v) is 2.98. The van der Waals surface area contributed by atoms with Crippen molar-refractivity contribution < 1.29 is 10.2 Å². The Morgan fingerprint density at radius 2 is 2.13 bits per heavy atom. The highest BCUT2D eigenvalue weighted by Gasteiger charge is 2.13. The van der Waals surface area contributed by atoms with E-state index in [2.05, 4.69) is 5.32 Å². The fourth-order valence-corrected chi connectivity index (χ4v) is 2.07. The zero-order chi connectivity index (χ0) is 10.7. The van der Waals surface area contributed by atoms with E-state index in [1.807, 2.05) is 6.07 Å². The molecule has 1 aliphatic rings. The summed E-state index contributed by atoms with van der Waals surface area (Å²) in [6.07, 6.45) is 4.57. The summed E-state index contributed by atoms with van der Waals surface area (Å²) in [5.41, 5.74) is 1.08. The fourth-order valence-electron chi connectivity index (χ4n) is 2.07. The van der Waals surface area contributed by atoms with E-state index in [-0.39, 0.29) is 11.5 Å². The number of aryl methyl sites for hydroxylation is 1. The Morgan fingerprint density at radius 1 is 1.27 bits per heavy atom. The van der Waals surface area contributed by atoms with Gasteiger partial charge in [0.05, 0.1) is 0 Å². The molecule has 1 saturated heterocycles. The van der Waals surface area contributed by atoms with Crippen molar-refractivity contribution in [2.75, 3.05) is 6.54 Å². The number of nitrogens with one attached hydrogen (secondary N) is 1. The van der Waals surface area contributed by atoms with Crippen LogP contribution in [0.5, 0.6) is 11.5 Å². The molecule has 0 saturated carbocycles. The average Bonchev–Trinajstić information content (AvgIpc) is 2.73. The zero-order valence-electron chi connectivity index (χ0n) is 8.74. The van der Waals surface area contributed by atoms with Crippen molar-refractivity contribution in [3.63, 3.8) is 0 Å². The Hall–Kier alpha value is -1.22. The fraction of sp³-hybridized carbons (Fsp3) is 0.500. The van der Waals surface area contributed by atoms with Gasteiger partial charge in [-0.05, 0) is 49.9 Å². The van der Waals surface area contributed by atoms with Crippen molar-refractivity contribution in [2.45, 2.75) is 31.7 Å². The quantitative estimate of drug-likeness (QED) is 0.662. The molecule has 3 nitrogen and oxygen atoms in total. The van der Waals surface area contributed by atoms with Crippen LogP contribution in [-0.4, -0.2) is 22.8 Å². The van der Waals surface area contributed by atoms with Crippen LogP contribution in [0, 0.1) is 0 Å². The topological polar surface area (TPSA) is 52.5 Å². The summed E-state index contributed by atoms with van der Waals surface area (Å²) < 4.78 is 0. The maximum absolute atomic E-state index is 9.33. The number of rotatable bonds is 3. The molecule has 0 aromatic heterocycles. The highest BCUT2D eigenvalue weighted by Crippen LogP contribution is 2.25. The Bertz CT molecular complexity index is 332. The lowest BCUT2D eigenvalue weighted by atomic mass is 10.0. The van der Waals surface area contributed by atoms with Crippen molar-refractivity contribution >= 4 is 0 Å². The SMILES string of the molecule is Oc1ccc(CCC2CCCN2)cc1O. The van der Waals surface area contributed by atoms with Gasteiger partial charge in [-0.3, -0.25) is 0 Å². The predicted octanol–water partition coefficient (Wildman–Crippen LogP) is 1.78. The van der Waals surface area contributed by atoms with Crippen LogP contribution >= 0.6 is 0 Å². The van der Waals surface area contributed by atoms with Gasteiger partial charge in [0, 0.05) is 6.04 Å². The van der Waals surface area contributed by atoms with Crippen molar-refractivity contribution in [1.82, 2.24) is 5.32 Å². The molecule has 3 N–H and O–H groups in total. The van der Waals surface area contributed by atoms with Gasteiger partial charge >= 0.3 is 0 Å². The number of phenols is 2. The van der Waals surface area contributed by atoms with Gasteiger partial charge in [0.1, 0.15) is 0 Å². The first-order valence-electron chi connectivity index (χ1n) is 5.50. The molecule has 0 amide bonds. The third-order valence-electron chi connectivity index (χ3n) is 2.98. The van der Waals surface area contributed by atoms with E-state index in [1.54, 1.807) is 12.1 Å². The van der Waals surface area contributed by atoms with Gasteiger partial charge in [0.25, 0.3) is 0 Å². The largest absolute Gasteiger partial charge is 0.504 e. The van der Waals surface area contributed by atoms with Crippen molar-refractivity contribution in [2.24, 2.45) is 0 Å². The molecular formula is C12H17NO2. The summed E-state index contributed by atoms with van der Waals surface area (Å²) in [5.74, 6) is -0.0652. The average molecular weight is 207 g/mol. The normalized spacial score (nSPS) is 20.7. The Kier molecular flexibility index (Phi) is 3.11. The van der Waals surface area contributed by atoms with E-state index in [9.17, 15) is 5.11 Å². The first-order chi connectivity index (χ1) is 7.25. The van der Waals surface area contributed by atoms with Gasteiger partial charge in [-0.2, -0.15) is 0 Å². The van der Waals surface area contributed by atoms with Gasteiger partial charge in [-0.1, -0.05) is 6.07 Å². The highest BCUT2D eigenvalue weighted by atomic mass is 16.3. The molecular weight excluding hydrogens is 190 g/mol. The van der Waals surface area contributed by atoms with Gasteiger partial charge in [-0.25, -0.2) is 0 Å². The van der Waals surface area contributed by atoms with Crippen LogP contribution in [0.25, 0.3) is 0 Å². The molecule has 1 aromatic carbocycles. The second-order valence-electron chi connectivity index (χ2n) is 4.16. The van der Waals surface area contributed by atoms with Crippen LogP contribution < -0.4 is 5.32 Å². The van der Waals surface area contributed by atoms with E-state index in [1.165, 1.54) is 12.8 Å². The van der Waals surface area contributed by atoms with Gasteiger partial charge in [0.15, 0.2) is 11.5 Å². The number of benzene rings is 1. The van der Waals surface area contributed by atoms with Crippen molar-refractivity contribution in [3.05, 3.63) is 23.8 Å². The molecule has 0 aliphatic carbocycles. The molecule has 0 bridgehead atoms. The summed E-state index contributed by atoms with van der Waals surface area (Å²) in [6.45, 7) is 1.13. The zero-order valence-corrected chi connectivity index (χ0v) is 8.74. The van der Waals surface area contributed by atoms with Gasteiger partial charge < -0.3 is 15.5 Å². The minimum Gasteiger partial charge on any atom is -0.504 e. The van der Waals surface area contributed by atoms with Gasteiger partial charge in [-0.15, -0.1) is 0 Å². The maximum atomic E-state index is 9.33. The standard InChI is InChI=1S/C12H17NO2/c14-11-6-4-9(8-12(11)15)3-5-10-2-1-7-13-10/h4,6,8,10,13-15H,1-3,5,7H2. The number of phenolic OH excluding ortho intramolecular Hbond substituents is 2. The van der Waals surface area contributed by atoms with Crippen LogP contribution in [0.15, 0.2) is 18.2 Å². The number of hydrogen-bond acceptors (Lipinski definition) is 3. The minimum atomic E-state index is -0.0438. The van der Waals surface area contributed by atoms with Crippen LogP contribution in [0.3, 0.4) is 0 Å². The van der Waals surface area contributed by atoms with E-state index in [4.69, 9.17) is 5.11 Å². The van der Waals surface area contributed by atoms with Gasteiger partial charge in [0.2, 0.25) is 0 Å². The molecule has 0 radical (unpaired) electrons. The molecule has 1 fully saturated rings. The molecule has 1 aliphatic heterocycles. The van der Waals surface area contributed by atoms with Crippen LogP contribution in [0.4, 0.5) is 0 Å². The molecule has 1 heterocycles. The van der Waals surface area contributed by atoms with E-state index < -0.39 is 0 Å². The van der Waals surface area contributed by atoms with Crippen molar-refractivity contribution in [3.8, 4) is 11.5 Å². The maximum Gasteiger partial charge on any atom is 0.157 e. The first-order valence-corrected chi connectivity index (χ1v) is 5.50. The number of aromatic hydroxyl groups is 2. The first kappa shape index (κ1) is 10.3. The van der Waals surface area contributed by atoms with E-state index >= 15 is 0 Å². The highest BCUT2D eigenvalue weighted by molar-refractivity contribution is 5.40. The molecule has 82 valence electrons. The molecule has 1 aromatic rings. The second kappa shape index (κ2) is 4.53. The Morgan fingerprint density at radius 3 is 2.80 bits per heavy atom.